The zero-order valence-electron chi connectivity index (χ0n) is 9.98. The van der Waals surface area contributed by atoms with E-state index in [2.05, 4.69) is 4.90 Å². The van der Waals surface area contributed by atoms with Gasteiger partial charge in [-0.15, -0.1) is 0 Å². The van der Waals surface area contributed by atoms with Gasteiger partial charge in [0, 0.05) is 19.6 Å². The lowest BCUT2D eigenvalue weighted by Crippen LogP contribution is -2.35. The fraction of sp³-hybridized carbons (Fsp3) is 0.462. The molecule has 92 valence electrons. The van der Waals surface area contributed by atoms with Gasteiger partial charge in [0.05, 0.1) is 18.8 Å². The van der Waals surface area contributed by atoms with E-state index in [1.54, 1.807) is 12.1 Å². The first-order valence-corrected chi connectivity index (χ1v) is 5.80. The van der Waals surface area contributed by atoms with E-state index in [1.165, 1.54) is 0 Å². The number of carboxylic acid groups (broad SMARTS) is 1. The van der Waals surface area contributed by atoms with Crippen LogP contribution in [-0.2, 0) is 11.3 Å². The highest BCUT2D eigenvalue weighted by molar-refractivity contribution is 5.87. The summed E-state index contributed by atoms with van der Waals surface area (Å²) in [5, 5.41) is 8.97. The van der Waals surface area contributed by atoms with Gasteiger partial charge in [-0.25, -0.2) is 4.79 Å². The number of aromatic carboxylic acids is 1. The van der Waals surface area contributed by atoms with Gasteiger partial charge in [0.25, 0.3) is 0 Å². The Morgan fingerprint density at radius 2 is 2.12 bits per heavy atom. The number of carbonyl (C=O) groups is 1. The molecule has 0 aromatic heterocycles. The van der Waals surface area contributed by atoms with E-state index >= 15 is 0 Å². The van der Waals surface area contributed by atoms with Gasteiger partial charge in [-0.3, -0.25) is 4.90 Å². The number of carboxylic acids is 1. The lowest BCUT2D eigenvalue weighted by molar-refractivity contribution is 0.0340. The predicted molar refractivity (Wildman–Crippen MR) is 64.2 cm³/mol. The van der Waals surface area contributed by atoms with Crippen LogP contribution in [0.3, 0.4) is 0 Å². The van der Waals surface area contributed by atoms with E-state index < -0.39 is 5.97 Å². The molecule has 1 fully saturated rings. The predicted octanol–water partition coefficient (Wildman–Crippen LogP) is 1.53. The molecule has 4 heteroatoms. The molecule has 17 heavy (non-hydrogen) atoms. The number of rotatable bonds is 3. The van der Waals surface area contributed by atoms with Gasteiger partial charge in [-0.05, 0) is 30.2 Å². The van der Waals surface area contributed by atoms with Crippen LogP contribution < -0.4 is 0 Å². The van der Waals surface area contributed by atoms with E-state index in [-0.39, 0.29) is 0 Å². The second-order valence-corrected chi connectivity index (χ2v) is 4.33. The van der Waals surface area contributed by atoms with Crippen molar-refractivity contribution in [3.05, 3.63) is 34.9 Å². The first kappa shape index (κ1) is 12.1. The Morgan fingerprint density at radius 3 is 2.76 bits per heavy atom. The molecule has 0 bridgehead atoms. The average Bonchev–Trinajstić information content (AvgIpc) is 2.33. The van der Waals surface area contributed by atoms with Crippen molar-refractivity contribution in [2.45, 2.75) is 13.5 Å². The Balaban J connectivity index is 2.13. The Kier molecular flexibility index (Phi) is 3.76. The summed E-state index contributed by atoms with van der Waals surface area (Å²) in [6, 6.07) is 5.30. The summed E-state index contributed by atoms with van der Waals surface area (Å²) in [7, 11) is 0. The quantitative estimate of drug-likeness (QED) is 0.863. The van der Waals surface area contributed by atoms with Gasteiger partial charge < -0.3 is 9.84 Å². The summed E-state index contributed by atoms with van der Waals surface area (Å²) in [4.78, 5) is 13.2. The zero-order chi connectivity index (χ0) is 12.3. The molecule has 0 saturated carbocycles. The molecule has 0 atom stereocenters. The summed E-state index contributed by atoms with van der Waals surface area (Å²) < 4.78 is 5.29. The molecule has 1 N–H and O–H groups in total. The molecule has 1 saturated heterocycles. The molecule has 0 unspecified atom stereocenters. The van der Waals surface area contributed by atoms with Crippen LogP contribution in [0, 0.1) is 6.92 Å². The van der Waals surface area contributed by atoms with Gasteiger partial charge in [-0.1, -0.05) is 6.07 Å². The largest absolute Gasteiger partial charge is 0.478 e. The highest BCUT2D eigenvalue weighted by Crippen LogP contribution is 2.14. The molecular weight excluding hydrogens is 218 g/mol. The Hall–Kier alpha value is -1.39. The van der Waals surface area contributed by atoms with E-state index in [0.717, 1.165) is 44.0 Å². The minimum absolute atomic E-state index is 0.360. The highest BCUT2D eigenvalue weighted by Gasteiger charge is 2.13. The maximum absolute atomic E-state index is 10.9. The van der Waals surface area contributed by atoms with Crippen molar-refractivity contribution in [1.82, 2.24) is 4.90 Å². The van der Waals surface area contributed by atoms with E-state index in [0.29, 0.717) is 5.56 Å². The van der Waals surface area contributed by atoms with Crippen LogP contribution in [0.15, 0.2) is 18.2 Å². The molecule has 1 aromatic rings. The molecule has 2 rings (SSSR count). The lowest BCUT2D eigenvalue weighted by Gasteiger charge is -2.27. The summed E-state index contributed by atoms with van der Waals surface area (Å²) in [5.41, 5.74) is 2.59. The topological polar surface area (TPSA) is 49.8 Å². The van der Waals surface area contributed by atoms with Gasteiger partial charge in [0.15, 0.2) is 0 Å². The second kappa shape index (κ2) is 5.29. The number of hydrogen-bond acceptors (Lipinski definition) is 3. The average molecular weight is 235 g/mol. The minimum atomic E-state index is -0.867. The first-order valence-electron chi connectivity index (χ1n) is 5.80. The normalized spacial score (nSPS) is 17.0. The highest BCUT2D eigenvalue weighted by atomic mass is 16.5. The lowest BCUT2D eigenvalue weighted by atomic mass is 10.0. The third-order valence-corrected chi connectivity index (χ3v) is 3.09. The van der Waals surface area contributed by atoms with Gasteiger partial charge in [-0.2, -0.15) is 0 Å². The Bertz CT molecular complexity index is 411. The van der Waals surface area contributed by atoms with Crippen LogP contribution in [-0.4, -0.2) is 42.3 Å². The van der Waals surface area contributed by atoms with Crippen LogP contribution in [0.2, 0.25) is 0 Å². The van der Waals surface area contributed by atoms with E-state index in [4.69, 9.17) is 9.84 Å². The zero-order valence-corrected chi connectivity index (χ0v) is 9.98. The van der Waals surface area contributed by atoms with Crippen molar-refractivity contribution in [1.29, 1.82) is 0 Å². The van der Waals surface area contributed by atoms with E-state index in [9.17, 15) is 4.79 Å². The Labute approximate surface area is 101 Å². The third kappa shape index (κ3) is 3.05. The first-order chi connectivity index (χ1) is 8.16. The van der Waals surface area contributed by atoms with Crippen LogP contribution in [0.5, 0.6) is 0 Å². The fourth-order valence-electron chi connectivity index (χ4n) is 1.98. The van der Waals surface area contributed by atoms with Crippen LogP contribution in [0.4, 0.5) is 0 Å². The number of morpholine rings is 1. The maximum atomic E-state index is 10.9. The van der Waals surface area contributed by atoms with Crippen LogP contribution in [0.25, 0.3) is 0 Å². The molecule has 0 amide bonds. The second-order valence-electron chi connectivity index (χ2n) is 4.33. The van der Waals surface area contributed by atoms with Crippen molar-refractivity contribution in [2.75, 3.05) is 26.3 Å². The number of hydrogen-bond donors (Lipinski definition) is 1. The molecule has 1 heterocycles. The van der Waals surface area contributed by atoms with Crippen molar-refractivity contribution in [3.8, 4) is 0 Å². The Morgan fingerprint density at radius 1 is 1.41 bits per heavy atom. The molecule has 0 radical (unpaired) electrons. The molecule has 0 aliphatic carbocycles. The summed E-state index contributed by atoms with van der Waals surface area (Å²) in [6.07, 6.45) is 0. The molecule has 0 spiro atoms. The minimum Gasteiger partial charge on any atom is -0.478 e. The summed E-state index contributed by atoms with van der Waals surface area (Å²) in [5.74, 6) is -0.867. The molecule has 4 nitrogen and oxygen atoms in total. The van der Waals surface area contributed by atoms with E-state index in [1.807, 2.05) is 13.0 Å². The number of ether oxygens (including phenoxy) is 1. The standard InChI is InChI=1S/C13H17NO3/c1-10-2-3-11(13(15)16)8-12(10)9-14-4-6-17-7-5-14/h2-3,8H,4-7,9H2,1H3,(H,15,16). The van der Waals surface area contributed by atoms with Gasteiger partial charge in [0.2, 0.25) is 0 Å². The third-order valence-electron chi connectivity index (χ3n) is 3.09. The number of nitrogens with zero attached hydrogens (tertiary/aromatic N) is 1. The van der Waals surface area contributed by atoms with Gasteiger partial charge in [0.1, 0.15) is 0 Å². The van der Waals surface area contributed by atoms with Crippen molar-refractivity contribution in [3.63, 3.8) is 0 Å². The molecule has 1 aliphatic heterocycles. The monoisotopic (exact) mass is 235 g/mol. The van der Waals surface area contributed by atoms with Crippen molar-refractivity contribution < 1.29 is 14.6 Å². The summed E-state index contributed by atoms with van der Waals surface area (Å²) in [6.45, 7) is 6.17. The smallest absolute Gasteiger partial charge is 0.335 e. The number of benzene rings is 1. The fourth-order valence-corrected chi connectivity index (χ4v) is 1.98. The SMILES string of the molecule is Cc1ccc(C(=O)O)cc1CN1CCOCC1. The molecule has 1 aliphatic rings. The van der Waals surface area contributed by atoms with Crippen LogP contribution in [0.1, 0.15) is 21.5 Å². The van der Waals surface area contributed by atoms with Crippen molar-refractivity contribution in [2.24, 2.45) is 0 Å². The molecule has 1 aromatic carbocycles. The maximum Gasteiger partial charge on any atom is 0.335 e. The van der Waals surface area contributed by atoms with Crippen molar-refractivity contribution >= 4 is 5.97 Å². The van der Waals surface area contributed by atoms with Gasteiger partial charge >= 0.3 is 5.97 Å². The van der Waals surface area contributed by atoms with Crippen LogP contribution >= 0.6 is 0 Å². The summed E-state index contributed by atoms with van der Waals surface area (Å²) >= 11 is 0. The molecular formula is C13H17NO3. The number of aryl methyl sites for hydroxylation is 1.